The molecular weight excluding hydrogens is 260 g/mol. The summed E-state index contributed by atoms with van der Waals surface area (Å²) < 4.78 is 5.93. The number of hydrogen-bond acceptors (Lipinski definition) is 3. The third kappa shape index (κ3) is 5.15. The number of rotatable bonds is 7. The lowest BCUT2D eigenvalue weighted by atomic mass is 9.84. The summed E-state index contributed by atoms with van der Waals surface area (Å²) in [6, 6.07) is 5.46. The summed E-state index contributed by atoms with van der Waals surface area (Å²) in [4.78, 5) is 2.48. The van der Waals surface area contributed by atoms with Crippen LogP contribution in [0, 0.1) is 5.92 Å². The van der Waals surface area contributed by atoms with Crippen molar-refractivity contribution in [2.24, 2.45) is 5.92 Å². The van der Waals surface area contributed by atoms with Crippen LogP contribution < -0.4 is 5.32 Å². The zero-order valence-electron chi connectivity index (χ0n) is 14.2. The van der Waals surface area contributed by atoms with E-state index in [1.165, 1.54) is 32.1 Å². The van der Waals surface area contributed by atoms with Crippen molar-refractivity contribution < 1.29 is 4.42 Å². The van der Waals surface area contributed by atoms with Gasteiger partial charge in [-0.25, -0.2) is 0 Å². The molecule has 0 amide bonds. The van der Waals surface area contributed by atoms with E-state index in [1.54, 1.807) is 0 Å². The maximum atomic E-state index is 5.93. The lowest BCUT2D eigenvalue weighted by Crippen LogP contribution is -2.34. The standard InChI is InChI=1S/C18H32N2O/c1-5-15-6-8-16(9-7-15)20(4)13-18-11-10-17(21-18)12-19-14(2)3/h10-11,14-16,19H,5-9,12-13H2,1-4H3. The molecule has 0 aromatic carbocycles. The second-order valence-electron chi connectivity index (χ2n) is 6.90. The highest BCUT2D eigenvalue weighted by molar-refractivity contribution is 5.07. The molecule has 0 saturated heterocycles. The molecule has 1 N–H and O–H groups in total. The Morgan fingerprint density at radius 1 is 1.19 bits per heavy atom. The van der Waals surface area contributed by atoms with Gasteiger partial charge in [0.25, 0.3) is 0 Å². The Balaban J connectivity index is 1.78. The van der Waals surface area contributed by atoms with Gasteiger partial charge in [0.2, 0.25) is 0 Å². The molecule has 0 atom stereocenters. The van der Waals surface area contributed by atoms with Crippen molar-refractivity contribution in [3.63, 3.8) is 0 Å². The molecule has 1 aromatic heterocycles. The van der Waals surface area contributed by atoms with Crippen LogP contribution in [0.5, 0.6) is 0 Å². The molecule has 0 aliphatic heterocycles. The van der Waals surface area contributed by atoms with Gasteiger partial charge in [0.15, 0.2) is 0 Å². The first kappa shape index (κ1) is 16.6. The van der Waals surface area contributed by atoms with Gasteiger partial charge in [-0.1, -0.05) is 27.2 Å². The number of hydrogen-bond donors (Lipinski definition) is 1. The Morgan fingerprint density at radius 3 is 2.48 bits per heavy atom. The molecule has 0 radical (unpaired) electrons. The molecule has 1 aliphatic rings. The normalized spacial score (nSPS) is 23.1. The summed E-state index contributed by atoms with van der Waals surface area (Å²) in [6.07, 6.45) is 6.83. The van der Waals surface area contributed by atoms with Crippen LogP contribution in [0.25, 0.3) is 0 Å². The highest BCUT2D eigenvalue weighted by Crippen LogP contribution is 2.29. The van der Waals surface area contributed by atoms with E-state index in [0.717, 1.165) is 36.6 Å². The Labute approximate surface area is 130 Å². The van der Waals surface area contributed by atoms with E-state index in [0.29, 0.717) is 6.04 Å². The Bertz CT molecular complexity index is 405. The van der Waals surface area contributed by atoms with Crippen LogP contribution in [0.15, 0.2) is 16.5 Å². The van der Waals surface area contributed by atoms with Gasteiger partial charge in [-0.2, -0.15) is 0 Å². The zero-order valence-corrected chi connectivity index (χ0v) is 14.2. The second kappa shape index (κ2) is 8.00. The zero-order chi connectivity index (χ0) is 15.2. The van der Waals surface area contributed by atoms with Crippen LogP contribution in [-0.4, -0.2) is 24.0 Å². The molecule has 1 saturated carbocycles. The van der Waals surface area contributed by atoms with Crippen LogP contribution in [0.1, 0.15) is 64.4 Å². The fourth-order valence-electron chi connectivity index (χ4n) is 3.28. The highest BCUT2D eigenvalue weighted by atomic mass is 16.3. The van der Waals surface area contributed by atoms with Crippen molar-refractivity contribution in [1.82, 2.24) is 10.2 Å². The molecule has 0 unspecified atom stereocenters. The summed E-state index contributed by atoms with van der Waals surface area (Å²) in [5.74, 6) is 3.10. The molecule has 3 heteroatoms. The van der Waals surface area contributed by atoms with Crippen molar-refractivity contribution >= 4 is 0 Å². The number of nitrogens with zero attached hydrogens (tertiary/aromatic N) is 1. The minimum absolute atomic E-state index is 0.495. The van der Waals surface area contributed by atoms with Crippen LogP contribution in [0.3, 0.4) is 0 Å². The molecule has 1 fully saturated rings. The van der Waals surface area contributed by atoms with Crippen LogP contribution in [0.4, 0.5) is 0 Å². The lowest BCUT2D eigenvalue weighted by Gasteiger charge is -2.34. The Kier molecular flexibility index (Phi) is 6.31. The van der Waals surface area contributed by atoms with Gasteiger partial charge in [0.05, 0.1) is 13.1 Å². The van der Waals surface area contributed by atoms with Gasteiger partial charge in [-0.3, -0.25) is 4.90 Å². The van der Waals surface area contributed by atoms with Gasteiger partial charge < -0.3 is 9.73 Å². The van der Waals surface area contributed by atoms with Gasteiger partial charge in [0.1, 0.15) is 11.5 Å². The Hall–Kier alpha value is -0.800. The molecule has 1 aliphatic carbocycles. The van der Waals surface area contributed by atoms with Crippen molar-refractivity contribution in [3.05, 3.63) is 23.7 Å². The van der Waals surface area contributed by atoms with Crippen molar-refractivity contribution in [3.8, 4) is 0 Å². The van der Waals surface area contributed by atoms with Crippen LogP contribution >= 0.6 is 0 Å². The SMILES string of the molecule is CCC1CCC(N(C)Cc2ccc(CNC(C)C)o2)CC1. The summed E-state index contributed by atoms with van der Waals surface area (Å²) in [5.41, 5.74) is 0. The lowest BCUT2D eigenvalue weighted by molar-refractivity contribution is 0.148. The van der Waals surface area contributed by atoms with E-state index in [4.69, 9.17) is 4.42 Å². The molecule has 3 nitrogen and oxygen atoms in total. The molecule has 1 aromatic rings. The predicted octanol–water partition coefficient (Wildman–Crippen LogP) is 4.18. The van der Waals surface area contributed by atoms with E-state index in [-0.39, 0.29) is 0 Å². The van der Waals surface area contributed by atoms with Crippen LogP contribution in [-0.2, 0) is 13.1 Å². The summed E-state index contributed by atoms with van der Waals surface area (Å²) in [7, 11) is 2.24. The average molecular weight is 292 g/mol. The second-order valence-corrected chi connectivity index (χ2v) is 6.90. The summed E-state index contributed by atoms with van der Waals surface area (Å²) >= 11 is 0. The molecule has 0 bridgehead atoms. The minimum atomic E-state index is 0.495. The molecule has 0 spiro atoms. The predicted molar refractivity (Wildman–Crippen MR) is 88.2 cm³/mol. The van der Waals surface area contributed by atoms with Crippen molar-refractivity contribution in [2.45, 2.75) is 78.0 Å². The third-order valence-electron chi connectivity index (χ3n) is 4.82. The average Bonchev–Trinajstić information content (AvgIpc) is 2.92. The van der Waals surface area contributed by atoms with Crippen LogP contribution in [0.2, 0.25) is 0 Å². The topological polar surface area (TPSA) is 28.4 Å². The van der Waals surface area contributed by atoms with Gasteiger partial charge in [0, 0.05) is 12.1 Å². The molecule has 120 valence electrons. The van der Waals surface area contributed by atoms with Crippen molar-refractivity contribution in [1.29, 1.82) is 0 Å². The smallest absolute Gasteiger partial charge is 0.118 e. The minimum Gasteiger partial charge on any atom is -0.463 e. The fraction of sp³-hybridized carbons (Fsp3) is 0.778. The first-order chi connectivity index (χ1) is 10.1. The first-order valence-electron chi connectivity index (χ1n) is 8.59. The Morgan fingerprint density at radius 2 is 1.86 bits per heavy atom. The molecule has 2 rings (SSSR count). The van der Waals surface area contributed by atoms with Gasteiger partial charge in [-0.05, 0) is 50.8 Å². The quantitative estimate of drug-likeness (QED) is 0.817. The monoisotopic (exact) mass is 292 g/mol. The maximum absolute atomic E-state index is 5.93. The number of furan rings is 1. The van der Waals surface area contributed by atoms with E-state index < -0.39 is 0 Å². The summed E-state index contributed by atoms with van der Waals surface area (Å²) in [5, 5.41) is 3.40. The number of nitrogens with one attached hydrogen (secondary N) is 1. The molecule has 1 heterocycles. The van der Waals surface area contributed by atoms with E-state index in [2.05, 4.69) is 50.2 Å². The van der Waals surface area contributed by atoms with E-state index in [9.17, 15) is 0 Å². The largest absolute Gasteiger partial charge is 0.463 e. The molecule has 21 heavy (non-hydrogen) atoms. The van der Waals surface area contributed by atoms with Gasteiger partial charge in [-0.15, -0.1) is 0 Å². The molecular formula is C18H32N2O. The summed E-state index contributed by atoms with van der Waals surface area (Å²) in [6.45, 7) is 8.39. The van der Waals surface area contributed by atoms with Crippen molar-refractivity contribution in [2.75, 3.05) is 7.05 Å². The van der Waals surface area contributed by atoms with Gasteiger partial charge >= 0.3 is 0 Å². The first-order valence-corrected chi connectivity index (χ1v) is 8.59. The van der Waals surface area contributed by atoms with E-state index in [1.807, 2.05) is 0 Å². The van der Waals surface area contributed by atoms with E-state index >= 15 is 0 Å². The maximum Gasteiger partial charge on any atom is 0.118 e. The fourth-order valence-corrected chi connectivity index (χ4v) is 3.28. The highest BCUT2D eigenvalue weighted by Gasteiger charge is 2.23. The third-order valence-corrected chi connectivity index (χ3v) is 4.82.